The van der Waals surface area contributed by atoms with Crippen molar-refractivity contribution in [1.82, 2.24) is 4.98 Å². The molecule has 2 aromatic rings. The van der Waals surface area contributed by atoms with Crippen LogP contribution in [0.3, 0.4) is 0 Å². The number of rotatable bonds is 3. The number of hydrogen-bond acceptors (Lipinski definition) is 2. The number of aromatic nitrogens is 1. The standard InChI is InChI=1S/C14H14BrFN2/c1-9-4-3-5-17-14(9)8-18-13-7-12(16)11(15)6-10(13)2/h3-7,18H,8H2,1-2H3. The zero-order chi connectivity index (χ0) is 13.1. The summed E-state index contributed by atoms with van der Waals surface area (Å²) in [6, 6.07) is 7.18. The molecule has 0 bridgehead atoms. The summed E-state index contributed by atoms with van der Waals surface area (Å²) in [6.45, 7) is 4.55. The molecule has 2 rings (SSSR count). The number of aryl methyl sites for hydroxylation is 2. The van der Waals surface area contributed by atoms with Gasteiger partial charge in [0, 0.05) is 11.9 Å². The lowest BCUT2D eigenvalue weighted by molar-refractivity contribution is 0.621. The Morgan fingerprint density at radius 1 is 1.28 bits per heavy atom. The van der Waals surface area contributed by atoms with E-state index in [1.165, 1.54) is 6.07 Å². The molecule has 1 heterocycles. The molecule has 0 aliphatic rings. The molecule has 0 saturated heterocycles. The maximum absolute atomic E-state index is 13.5. The van der Waals surface area contributed by atoms with Crippen molar-refractivity contribution in [2.45, 2.75) is 20.4 Å². The molecular weight excluding hydrogens is 295 g/mol. The second kappa shape index (κ2) is 5.48. The molecule has 0 atom stereocenters. The number of nitrogens with one attached hydrogen (secondary N) is 1. The number of nitrogens with zero attached hydrogens (tertiary/aromatic N) is 1. The van der Waals surface area contributed by atoms with Gasteiger partial charge in [0.15, 0.2) is 0 Å². The zero-order valence-corrected chi connectivity index (χ0v) is 11.9. The van der Waals surface area contributed by atoms with Crippen LogP contribution in [0.5, 0.6) is 0 Å². The normalized spacial score (nSPS) is 10.4. The molecule has 0 saturated carbocycles. The SMILES string of the molecule is Cc1cc(Br)c(F)cc1NCc1ncccc1C. The molecule has 1 aromatic carbocycles. The van der Waals surface area contributed by atoms with Crippen molar-refractivity contribution in [1.29, 1.82) is 0 Å². The van der Waals surface area contributed by atoms with Gasteiger partial charge in [0.1, 0.15) is 5.82 Å². The molecule has 1 aromatic heterocycles. The third kappa shape index (κ3) is 2.88. The highest BCUT2D eigenvalue weighted by molar-refractivity contribution is 9.10. The maximum Gasteiger partial charge on any atom is 0.139 e. The third-order valence-electron chi connectivity index (χ3n) is 2.83. The molecule has 94 valence electrons. The minimum absolute atomic E-state index is 0.263. The third-order valence-corrected chi connectivity index (χ3v) is 3.44. The van der Waals surface area contributed by atoms with Crippen LogP contribution in [0.15, 0.2) is 34.9 Å². The smallest absolute Gasteiger partial charge is 0.139 e. The van der Waals surface area contributed by atoms with E-state index in [2.05, 4.69) is 26.2 Å². The van der Waals surface area contributed by atoms with Crippen LogP contribution in [-0.4, -0.2) is 4.98 Å². The van der Waals surface area contributed by atoms with E-state index in [4.69, 9.17) is 0 Å². The number of anilines is 1. The molecule has 0 aliphatic heterocycles. The summed E-state index contributed by atoms with van der Waals surface area (Å²) in [5, 5.41) is 3.21. The molecule has 2 nitrogen and oxygen atoms in total. The highest BCUT2D eigenvalue weighted by Crippen LogP contribution is 2.24. The van der Waals surface area contributed by atoms with Gasteiger partial charge in [-0.25, -0.2) is 4.39 Å². The fourth-order valence-corrected chi connectivity index (χ4v) is 2.18. The van der Waals surface area contributed by atoms with Gasteiger partial charge in [-0.1, -0.05) is 6.07 Å². The van der Waals surface area contributed by atoms with Gasteiger partial charge < -0.3 is 5.32 Å². The lowest BCUT2D eigenvalue weighted by Crippen LogP contribution is -2.05. The van der Waals surface area contributed by atoms with Crippen molar-refractivity contribution >= 4 is 21.6 Å². The van der Waals surface area contributed by atoms with Gasteiger partial charge in [-0.2, -0.15) is 0 Å². The van der Waals surface area contributed by atoms with Crippen molar-refractivity contribution < 1.29 is 4.39 Å². The number of halogens is 2. The quantitative estimate of drug-likeness (QED) is 0.918. The Hall–Kier alpha value is -1.42. The predicted octanol–water partition coefficient (Wildman–Crippen LogP) is 4.21. The van der Waals surface area contributed by atoms with Gasteiger partial charge in [0.25, 0.3) is 0 Å². The lowest BCUT2D eigenvalue weighted by Gasteiger charge is -2.11. The van der Waals surface area contributed by atoms with Gasteiger partial charge in [-0.3, -0.25) is 4.98 Å². The van der Waals surface area contributed by atoms with E-state index < -0.39 is 0 Å². The Kier molecular flexibility index (Phi) is 3.97. The largest absolute Gasteiger partial charge is 0.379 e. The van der Waals surface area contributed by atoms with Gasteiger partial charge in [-0.05, 0) is 59.1 Å². The summed E-state index contributed by atoms with van der Waals surface area (Å²) in [5.74, 6) is -0.263. The van der Waals surface area contributed by atoms with E-state index in [0.717, 1.165) is 22.5 Å². The fourth-order valence-electron chi connectivity index (χ4n) is 1.72. The highest BCUT2D eigenvalue weighted by Gasteiger charge is 2.06. The van der Waals surface area contributed by atoms with Crippen LogP contribution in [0, 0.1) is 19.7 Å². The summed E-state index contributed by atoms with van der Waals surface area (Å²) in [5.41, 5.74) is 3.89. The second-order valence-electron chi connectivity index (χ2n) is 4.20. The Labute approximate surface area is 114 Å². The van der Waals surface area contributed by atoms with Crippen LogP contribution < -0.4 is 5.32 Å². The van der Waals surface area contributed by atoms with Crippen LogP contribution in [0.4, 0.5) is 10.1 Å². The van der Waals surface area contributed by atoms with Gasteiger partial charge in [-0.15, -0.1) is 0 Å². The van der Waals surface area contributed by atoms with Crippen molar-refractivity contribution in [2.24, 2.45) is 0 Å². The maximum atomic E-state index is 13.5. The molecule has 0 radical (unpaired) electrons. The summed E-state index contributed by atoms with van der Waals surface area (Å²) >= 11 is 3.17. The topological polar surface area (TPSA) is 24.9 Å². The average Bonchev–Trinajstić information content (AvgIpc) is 2.34. The minimum Gasteiger partial charge on any atom is -0.379 e. The fraction of sp³-hybridized carbons (Fsp3) is 0.214. The van der Waals surface area contributed by atoms with Crippen LogP contribution in [0.1, 0.15) is 16.8 Å². The Morgan fingerprint density at radius 2 is 2.06 bits per heavy atom. The number of pyridine rings is 1. The van der Waals surface area contributed by atoms with Crippen molar-refractivity contribution in [3.8, 4) is 0 Å². The van der Waals surface area contributed by atoms with E-state index in [9.17, 15) is 4.39 Å². The summed E-state index contributed by atoms with van der Waals surface area (Å²) < 4.78 is 13.9. The molecule has 0 amide bonds. The van der Waals surface area contributed by atoms with E-state index in [-0.39, 0.29) is 5.82 Å². The van der Waals surface area contributed by atoms with Crippen LogP contribution in [-0.2, 0) is 6.54 Å². The first-order valence-corrected chi connectivity index (χ1v) is 6.47. The lowest BCUT2D eigenvalue weighted by atomic mass is 10.1. The Bertz CT molecular complexity index is 570. The molecular formula is C14H14BrFN2. The van der Waals surface area contributed by atoms with Crippen molar-refractivity contribution in [2.75, 3.05) is 5.32 Å². The summed E-state index contributed by atoms with van der Waals surface area (Å²) in [6.07, 6.45) is 1.76. The first-order valence-electron chi connectivity index (χ1n) is 5.68. The van der Waals surface area contributed by atoms with Gasteiger partial charge in [0.2, 0.25) is 0 Å². The highest BCUT2D eigenvalue weighted by atomic mass is 79.9. The first kappa shape index (κ1) is 13.0. The molecule has 4 heteroatoms. The van der Waals surface area contributed by atoms with E-state index in [1.807, 2.05) is 26.0 Å². The van der Waals surface area contributed by atoms with Crippen molar-refractivity contribution in [3.05, 3.63) is 57.6 Å². The first-order chi connectivity index (χ1) is 8.58. The molecule has 0 fully saturated rings. The molecule has 1 N–H and O–H groups in total. The van der Waals surface area contributed by atoms with Crippen molar-refractivity contribution in [3.63, 3.8) is 0 Å². The molecule has 18 heavy (non-hydrogen) atoms. The Morgan fingerprint density at radius 3 is 2.78 bits per heavy atom. The predicted molar refractivity (Wildman–Crippen MR) is 75.1 cm³/mol. The van der Waals surface area contributed by atoms with Crippen LogP contribution in [0.2, 0.25) is 0 Å². The van der Waals surface area contributed by atoms with E-state index in [0.29, 0.717) is 11.0 Å². The number of hydrogen-bond donors (Lipinski definition) is 1. The summed E-state index contributed by atoms with van der Waals surface area (Å²) in [7, 11) is 0. The molecule has 0 unspecified atom stereocenters. The number of benzene rings is 1. The van der Waals surface area contributed by atoms with E-state index >= 15 is 0 Å². The summed E-state index contributed by atoms with van der Waals surface area (Å²) in [4.78, 5) is 4.30. The van der Waals surface area contributed by atoms with E-state index in [1.54, 1.807) is 12.3 Å². The van der Waals surface area contributed by atoms with Gasteiger partial charge in [0.05, 0.1) is 16.7 Å². The van der Waals surface area contributed by atoms with Crippen LogP contribution >= 0.6 is 15.9 Å². The van der Waals surface area contributed by atoms with Crippen LogP contribution in [0.25, 0.3) is 0 Å². The van der Waals surface area contributed by atoms with Gasteiger partial charge >= 0.3 is 0 Å². The monoisotopic (exact) mass is 308 g/mol. The molecule has 0 aliphatic carbocycles. The second-order valence-corrected chi connectivity index (χ2v) is 5.06. The minimum atomic E-state index is -0.263. The Balaban J connectivity index is 2.16. The molecule has 0 spiro atoms. The average molecular weight is 309 g/mol. The zero-order valence-electron chi connectivity index (χ0n) is 10.3.